The molecule has 0 bridgehead atoms. The summed E-state index contributed by atoms with van der Waals surface area (Å²) < 4.78 is 5.14. The highest BCUT2D eigenvalue weighted by Gasteiger charge is 2.17. The highest BCUT2D eigenvalue weighted by atomic mass is 16.6. The lowest BCUT2D eigenvalue weighted by atomic mass is 10.1. The van der Waals surface area contributed by atoms with Gasteiger partial charge in [-0.3, -0.25) is 9.59 Å². The van der Waals surface area contributed by atoms with E-state index in [0.29, 0.717) is 6.08 Å². The SMILES string of the molecule is CC(C)(C)OC(=O)CNc1cc(C(=O)O)ccc1NC(=O)/C=C/C(=O)O. The van der Waals surface area contributed by atoms with Gasteiger partial charge in [-0.2, -0.15) is 0 Å². The first-order chi connectivity index (χ1) is 12.0. The number of carbonyl (C=O) groups is 4. The summed E-state index contributed by atoms with van der Waals surface area (Å²) in [4.78, 5) is 45.1. The zero-order valence-corrected chi connectivity index (χ0v) is 14.5. The first-order valence-corrected chi connectivity index (χ1v) is 7.53. The largest absolute Gasteiger partial charge is 0.478 e. The minimum Gasteiger partial charge on any atom is -0.478 e. The summed E-state index contributed by atoms with van der Waals surface area (Å²) in [7, 11) is 0. The Morgan fingerprint density at radius 2 is 1.73 bits per heavy atom. The lowest BCUT2D eigenvalue weighted by molar-refractivity contribution is -0.152. The number of carboxylic acids is 2. The quantitative estimate of drug-likeness (QED) is 0.423. The molecule has 26 heavy (non-hydrogen) atoms. The summed E-state index contributed by atoms with van der Waals surface area (Å²) in [5, 5.41) is 22.7. The molecule has 1 aromatic carbocycles. The molecule has 0 atom stereocenters. The van der Waals surface area contributed by atoms with Crippen LogP contribution in [0.5, 0.6) is 0 Å². The van der Waals surface area contributed by atoms with E-state index in [1.807, 2.05) is 0 Å². The third-order valence-corrected chi connectivity index (χ3v) is 2.74. The highest BCUT2D eigenvalue weighted by molar-refractivity contribution is 6.04. The predicted octanol–water partition coefficient (Wildman–Crippen LogP) is 1.72. The van der Waals surface area contributed by atoms with Crippen LogP contribution in [0.4, 0.5) is 11.4 Å². The van der Waals surface area contributed by atoms with Gasteiger partial charge in [-0.05, 0) is 39.0 Å². The second-order valence-electron chi connectivity index (χ2n) is 6.17. The number of benzene rings is 1. The molecule has 0 aliphatic rings. The van der Waals surface area contributed by atoms with E-state index in [9.17, 15) is 19.2 Å². The Morgan fingerprint density at radius 3 is 2.27 bits per heavy atom. The molecule has 0 radical (unpaired) electrons. The van der Waals surface area contributed by atoms with Crippen LogP contribution in [0.15, 0.2) is 30.4 Å². The van der Waals surface area contributed by atoms with Crippen molar-refractivity contribution < 1.29 is 34.1 Å². The lowest BCUT2D eigenvalue weighted by Crippen LogP contribution is -2.28. The van der Waals surface area contributed by atoms with Crippen LogP contribution < -0.4 is 10.6 Å². The Bertz CT molecular complexity index is 748. The lowest BCUT2D eigenvalue weighted by Gasteiger charge is -2.20. The molecule has 0 unspecified atom stereocenters. The van der Waals surface area contributed by atoms with E-state index >= 15 is 0 Å². The number of carboxylic acid groups (broad SMARTS) is 2. The van der Waals surface area contributed by atoms with Crippen molar-refractivity contribution in [1.82, 2.24) is 0 Å². The first-order valence-electron chi connectivity index (χ1n) is 7.53. The van der Waals surface area contributed by atoms with Gasteiger partial charge in [-0.25, -0.2) is 9.59 Å². The molecule has 9 heteroatoms. The minimum absolute atomic E-state index is 0.0595. The van der Waals surface area contributed by atoms with E-state index in [-0.39, 0.29) is 23.5 Å². The van der Waals surface area contributed by atoms with Gasteiger partial charge in [0.1, 0.15) is 12.1 Å². The molecule has 1 rings (SSSR count). The maximum Gasteiger partial charge on any atom is 0.335 e. The van der Waals surface area contributed by atoms with Crippen LogP contribution in [0.2, 0.25) is 0 Å². The van der Waals surface area contributed by atoms with Crippen LogP contribution >= 0.6 is 0 Å². The molecule has 0 aliphatic carbocycles. The van der Waals surface area contributed by atoms with Gasteiger partial charge in [-0.15, -0.1) is 0 Å². The number of ether oxygens (including phenoxy) is 1. The predicted molar refractivity (Wildman–Crippen MR) is 93.1 cm³/mol. The summed E-state index contributed by atoms with van der Waals surface area (Å²) in [6.45, 7) is 4.86. The number of nitrogens with one attached hydrogen (secondary N) is 2. The molecule has 0 fully saturated rings. The Kier molecular flexibility index (Phi) is 6.88. The van der Waals surface area contributed by atoms with Crippen LogP contribution in [0.1, 0.15) is 31.1 Å². The molecule has 140 valence electrons. The van der Waals surface area contributed by atoms with Crippen molar-refractivity contribution in [3.8, 4) is 0 Å². The smallest absolute Gasteiger partial charge is 0.335 e. The van der Waals surface area contributed by atoms with Crippen molar-refractivity contribution in [2.45, 2.75) is 26.4 Å². The van der Waals surface area contributed by atoms with E-state index in [1.165, 1.54) is 18.2 Å². The molecule has 0 saturated carbocycles. The third-order valence-electron chi connectivity index (χ3n) is 2.74. The number of carbonyl (C=O) groups excluding carboxylic acids is 2. The van der Waals surface area contributed by atoms with Gasteiger partial charge < -0.3 is 25.6 Å². The number of hydrogen-bond acceptors (Lipinski definition) is 6. The summed E-state index contributed by atoms with van der Waals surface area (Å²) in [6, 6.07) is 3.83. The fraction of sp³-hybridized carbons (Fsp3) is 0.294. The van der Waals surface area contributed by atoms with Gasteiger partial charge >= 0.3 is 17.9 Å². The minimum atomic E-state index is -1.29. The molecule has 1 amide bonds. The fourth-order valence-corrected chi connectivity index (χ4v) is 1.80. The fourth-order valence-electron chi connectivity index (χ4n) is 1.80. The molecule has 4 N–H and O–H groups in total. The van der Waals surface area contributed by atoms with Gasteiger partial charge in [0.25, 0.3) is 0 Å². The van der Waals surface area contributed by atoms with Gasteiger partial charge in [0, 0.05) is 12.2 Å². The topological polar surface area (TPSA) is 142 Å². The number of esters is 1. The number of amides is 1. The first kappa shape index (κ1) is 20.7. The van der Waals surface area contributed by atoms with Crippen LogP contribution in [0, 0.1) is 0 Å². The Balaban J connectivity index is 2.96. The summed E-state index contributed by atoms with van der Waals surface area (Å²) in [5.41, 5.74) is -0.387. The van der Waals surface area contributed by atoms with Gasteiger partial charge in [0.2, 0.25) is 5.91 Å². The third kappa shape index (κ3) is 7.47. The van der Waals surface area contributed by atoms with E-state index < -0.39 is 29.4 Å². The Morgan fingerprint density at radius 1 is 1.08 bits per heavy atom. The molecule has 9 nitrogen and oxygen atoms in total. The molecule has 1 aromatic rings. The maximum atomic E-state index is 11.8. The van der Waals surface area contributed by atoms with Crippen LogP contribution in [-0.4, -0.2) is 46.2 Å². The molecule has 0 saturated heterocycles. The molecular formula is C17H20N2O7. The Labute approximate surface area is 149 Å². The molecule has 0 heterocycles. The number of anilines is 2. The second-order valence-corrected chi connectivity index (χ2v) is 6.17. The van der Waals surface area contributed by atoms with E-state index in [4.69, 9.17) is 14.9 Å². The van der Waals surface area contributed by atoms with Crippen LogP contribution in [0.3, 0.4) is 0 Å². The number of rotatable bonds is 7. The highest BCUT2D eigenvalue weighted by Crippen LogP contribution is 2.23. The van der Waals surface area contributed by atoms with E-state index in [2.05, 4.69) is 10.6 Å². The van der Waals surface area contributed by atoms with Crippen molar-refractivity contribution in [3.05, 3.63) is 35.9 Å². The average molecular weight is 364 g/mol. The van der Waals surface area contributed by atoms with Gasteiger partial charge in [-0.1, -0.05) is 0 Å². The number of aliphatic carboxylic acids is 1. The zero-order valence-electron chi connectivity index (χ0n) is 14.5. The molecule has 0 aromatic heterocycles. The van der Waals surface area contributed by atoms with Crippen LogP contribution in [0.25, 0.3) is 0 Å². The van der Waals surface area contributed by atoms with Crippen molar-refractivity contribution in [1.29, 1.82) is 0 Å². The molecule has 0 spiro atoms. The Hall–Kier alpha value is -3.36. The van der Waals surface area contributed by atoms with E-state index in [1.54, 1.807) is 20.8 Å². The zero-order chi connectivity index (χ0) is 19.9. The number of aromatic carboxylic acids is 1. The summed E-state index contributed by atoms with van der Waals surface area (Å²) in [6.07, 6.45) is 1.47. The van der Waals surface area contributed by atoms with Gasteiger partial charge in [0.15, 0.2) is 0 Å². The second kappa shape index (κ2) is 8.65. The van der Waals surface area contributed by atoms with Gasteiger partial charge in [0.05, 0.1) is 16.9 Å². The monoisotopic (exact) mass is 364 g/mol. The summed E-state index contributed by atoms with van der Waals surface area (Å²) in [5.74, 6) is -3.77. The normalized spacial score (nSPS) is 11.0. The standard InChI is InChI=1S/C17H20N2O7/c1-17(2,3)26-15(23)9-18-12-8-10(16(24)25)4-5-11(12)19-13(20)6-7-14(21)22/h4-8,18H,9H2,1-3H3,(H,19,20)(H,21,22)(H,24,25)/b7-6+. The summed E-state index contributed by atoms with van der Waals surface area (Å²) >= 11 is 0. The van der Waals surface area contributed by atoms with Crippen molar-refractivity contribution >= 4 is 35.2 Å². The van der Waals surface area contributed by atoms with Crippen LogP contribution in [-0.2, 0) is 19.1 Å². The number of hydrogen-bond donors (Lipinski definition) is 4. The maximum absolute atomic E-state index is 11.8. The molecule has 0 aliphatic heterocycles. The van der Waals surface area contributed by atoms with Crippen molar-refractivity contribution in [2.24, 2.45) is 0 Å². The molecular weight excluding hydrogens is 344 g/mol. The average Bonchev–Trinajstić information content (AvgIpc) is 2.50. The van der Waals surface area contributed by atoms with Crippen molar-refractivity contribution in [3.63, 3.8) is 0 Å². The van der Waals surface area contributed by atoms with Crippen molar-refractivity contribution in [2.75, 3.05) is 17.2 Å². The van der Waals surface area contributed by atoms with E-state index in [0.717, 1.165) is 6.08 Å².